The van der Waals surface area contributed by atoms with E-state index in [2.05, 4.69) is 5.32 Å². The second kappa shape index (κ2) is 9.52. The topological polar surface area (TPSA) is 66.5 Å². The Morgan fingerprint density at radius 1 is 1.03 bits per heavy atom. The summed E-state index contributed by atoms with van der Waals surface area (Å²) in [5.41, 5.74) is 2.17. The molecule has 4 rings (SSSR count). The average molecular weight is 491 g/mol. The SMILES string of the molecule is O=C(CN1c2ccc(F)cc2-c2ccccc2S1(=O)=O)NCCSCc1ccccc1Cl. The van der Waals surface area contributed by atoms with E-state index in [4.69, 9.17) is 11.6 Å². The molecule has 0 bridgehead atoms. The minimum atomic E-state index is -3.95. The normalized spacial score (nSPS) is 13.9. The first-order valence-electron chi connectivity index (χ1n) is 9.87. The summed E-state index contributed by atoms with van der Waals surface area (Å²) in [6.45, 7) is -0.000811. The van der Waals surface area contributed by atoms with E-state index in [9.17, 15) is 17.6 Å². The number of halogens is 2. The van der Waals surface area contributed by atoms with Crippen LogP contribution in [0.3, 0.4) is 0 Å². The number of carbonyl (C=O) groups excluding carboxylic acids is 1. The summed E-state index contributed by atoms with van der Waals surface area (Å²) in [6.07, 6.45) is 0. The van der Waals surface area contributed by atoms with Gasteiger partial charge >= 0.3 is 0 Å². The molecule has 1 amide bonds. The van der Waals surface area contributed by atoms with Crippen LogP contribution in [0.15, 0.2) is 71.6 Å². The van der Waals surface area contributed by atoms with Crippen LogP contribution in [-0.2, 0) is 20.6 Å². The van der Waals surface area contributed by atoms with Crippen LogP contribution >= 0.6 is 23.4 Å². The summed E-state index contributed by atoms with van der Waals surface area (Å²) < 4.78 is 41.3. The van der Waals surface area contributed by atoms with Crippen molar-refractivity contribution in [3.63, 3.8) is 0 Å². The van der Waals surface area contributed by atoms with Gasteiger partial charge < -0.3 is 5.32 Å². The minimum absolute atomic E-state index is 0.0567. The number of nitrogens with one attached hydrogen (secondary N) is 1. The maximum atomic E-state index is 13.9. The molecule has 0 radical (unpaired) electrons. The zero-order chi connectivity index (χ0) is 22.7. The van der Waals surface area contributed by atoms with Crippen molar-refractivity contribution in [3.05, 3.63) is 83.1 Å². The molecular weight excluding hydrogens is 471 g/mol. The van der Waals surface area contributed by atoms with E-state index in [0.29, 0.717) is 34.2 Å². The highest BCUT2D eigenvalue weighted by molar-refractivity contribution is 7.98. The van der Waals surface area contributed by atoms with Crippen LogP contribution in [-0.4, -0.2) is 33.2 Å². The van der Waals surface area contributed by atoms with Crippen LogP contribution in [0.2, 0.25) is 5.02 Å². The average Bonchev–Trinajstić information content (AvgIpc) is 2.78. The molecule has 5 nitrogen and oxygen atoms in total. The number of sulfonamides is 1. The Hall–Kier alpha value is -2.55. The van der Waals surface area contributed by atoms with Crippen molar-refractivity contribution in [1.29, 1.82) is 0 Å². The quantitative estimate of drug-likeness (QED) is 0.487. The first kappa shape index (κ1) is 22.6. The van der Waals surface area contributed by atoms with E-state index < -0.39 is 21.7 Å². The van der Waals surface area contributed by atoms with E-state index in [1.165, 1.54) is 24.3 Å². The van der Waals surface area contributed by atoms with Gasteiger partial charge in [-0.1, -0.05) is 48.0 Å². The third-order valence-corrected chi connectivity index (χ3v) is 8.24. The molecule has 1 N–H and O–H groups in total. The van der Waals surface area contributed by atoms with Gasteiger partial charge in [0.15, 0.2) is 0 Å². The lowest BCUT2D eigenvalue weighted by Gasteiger charge is -2.31. The van der Waals surface area contributed by atoms with Crippen molar-refractivity contribution in [3.8, 4) is 11.1 Å². The summed E-state index contributed by atoms with van der Waals surface area (Å²) in [7, 11) is -3.95. The number of nitrogens with zero attached hydrogens (tertiary/aromatic N) is 1. The van der Waals surface area contributed by atoms with Crippen molar-refractivity contribution in [2.75, 3.05) is 23.1 Å². The van der Waals surface area contributed by atoms with Crippen molar-refractivity contribution >= 4 is 45.0 Å². The Kier molecular flexibility index (Phi) is 6.74. The van der Waals surface area contributed by atoms with Crippen molar-refractivity contribution in [1.82, 2.24) is 5.32 Å². The summed E-state index contributed by atoms with van der Waals surface area (Å²) in [5.74, 6) is 0.458. The molecular formula is C23H20ClFN2O3S2. The van der Waals surface area contributed by atoms with Gasteiger partial charge in [0.05, 0.1) is 10.6 Å². The summed E-state index contributed by atoms with van der Waals surface area (Å²) in [6, 6.07) is 17.9. The first-order valence-corrected chi connectivity index (χ1v) is 12.8. The number of rotatable bonds is 7. The molecule has 0 aromatic heterocycles. The second-order valence-corrected chi connectivity index (χ2v) is 10.5. The predicted octanol–water partition coefficient (Wildman–Crippen LogP) is 4.70. The highest BCUT2D eigenvalue weighted by atomic mass is 35.5. The lowest BCUT2D eigenvalue weighted by Crippen LogP contribution is -2.43. The molecule has 1 aliphatic heterocycles. The fourth-order valence-electron chi connectivity index (χ4n) is 3.52. The third kappa shape index (κ3) is 4.62. The fourth-order valence-corrected chi connectivity index (χ4v) is 6.31. The van der Waals surface area contributed by atoms with Crippen LogP contribution in [0, 0.1) is 5.82 Å². The van der Waals surface area contributed by atoms with E-state index in [1.807, 2.05) is 24.3 Å². The smallest absolute Gasteiger partial charge is 0.265 e. The van der Waals surface area contributed by atoms with Crippen LogP contribution in [0.1, 0.15) is 5.56 Å². The number of fused-ring (bicyclic) bond motifs is 3. The first-order chi connectivity index (χ1) is 15.4. The molecule has 0 unspecified atom stereocenters. The van der Waals surface area contributed by atoms with E-state index in [0.717, 1.165) is 9.87 Å². The Morgan fingerprint density at radius 3 is 2.59 bits per heavy atom. The molecule has 0 fully saturated rings. The van der Waals surface area contributed by atoms with Gasteiger partial charge in [0.25, 0.3) is 10.0 Å². The number of hydrogen-bond donors (Lipinski definition) is 1. The number of hydrogen-bond acceptors (Lipinski definition) is 4. The van der Waals surface area contributed by atoms with Crippen molar-refractivity contribution in [2.45, 2.75) is 10.6 Å². The number of benzene rings is 3. The molecule has 0 aliphatic carbocycles. The molecule has 0 saturated carbocycles. The van der Waals surface area contributed by atoms with Crippen molar-refractivity contribution in [2.24, 2.45) is 0 Å². The number of amides is 1. The summed E-state index contributed by atoms with van der Waals surface area (Å²) in [5, 5.41) is 3.47. The molecule has 3 aromatic rings. The van der Waals surface area contributed by atoms with E-state index in [-0.39, 0.29) is 17.1 Å². The van der Waals surface area contributed by atoms with Gasteiger partial charge in [-0.25, -0.2) is 12.8 Å². The Bertz CT molecular complexity index is 1270. The zero-order valence-corrected chi connectivity index (χ0v) is 19.3. The monoisotopic (exact) mass is 490 g/mol. The number of anilines is 1. The molecule has 1 aliphatic rings. The molecule has 9 heteroatoms. The van der Waals surface area contributed by atoms with Gasteiger partial charge in [-0.05, 0) is 35.9 Å². The van der Waals surface area contributed by atoms with Crippen LogP contribution in [0.4, 0.5) is 10.1 Å². The van der Waals surface area contributed by atoms with E-state index in [1.54, 1.807) is 30.0 Å². The fraction of sp³-hybridized carbons (Fsp3) is 0.174. The molecule has 166 valence electrons. The Morgan fingerprint density at radius 2 is 1.78 bits per heavy atom. The third-order valence-electron chi connectivity index (χ3n) is 5.04. The highest BCUT2D eigenvalue weighted by Crippen LogP contribution is 2.42. The number of carbonyl (C=O) groups is 1. The molecule has 0 spiro atoms. The lowest BCUT2D eigenvalue weighted by molar-refractivity contribution is -0.119. The van der Waals surface area contributed by atoms with Gasteiger partial charge in [-0.2, -0.15) is 11.8 Å². The van der Waals surface area contributed by atoms with Crippen LogP contribution in [0.5, 0.6) is 0 Å². The lowest BCUT2D eigenvalue weighted by atomic mass is 10.0. The standard InChI is InChI=1S/C23H20ClFN2O3S2/c24-20-7-3-1-5-16(20)15-31-12-11-26-23(28)14-27-21-10-9-17(25)13-19(21)18-6-2-4-8-22(18)32(27,29)30/h1-10,13H,11-12,14-15H2,(H,26,28). The molecule has 32 heavy (non-hydrogen) atoms. The summed E-state index contributed by atoms with van der Waals surface area (Å²) >= 11 is 7.76. The molecule has 0 atom stereocenters. The Balaban J connectivity index is 1.42. The van der Waals surface area contributed by atoms with Gasteiger partial charge in [0.1, 0.15) is 12.4 Å². The molecule has 0 saturated heterocycles. The van der Waals surface area contributed by atoms with Gasteiger partial charge in [-0.3, -0.25) is 9.10 Å². The van der Waals surface area contributed by atoms with Crippen LogP contribution in [0.25, 0.3) is 11.1 Å². The van der Waals surface area contributed by atoms with Gasteiger partial charge in [-0.15, -0.1) is 0 Å². The van der Waals surface area contributed by atoms with Gasteiger partial charge in [0, 0.05) is 34.2 Å². The maximum absolute atomic E-state index is 13.9. The molecule has 1 heterocycles. The van der Waals surface area contributed by atoms with Gasteiger partial charge in [0.2, 0.25) is 5.91 Å². The molecule has 3 aromatic carbocycles. The Labute approximate surface area is 195 Å². The largest absolute Gasteiger partial charge is 0.354 e. The minimum Gasteiger partial charge on any atom is -0.354 e. The van der Waals surface area contributed by atoms with E-state index >= 15 is 0 Å². The highest BCUT2D eigenvalue weighted by Gasteiger charge is 2.35. The van der Waals surface area contributed by atoms with Crippen LogP contribution < -0.4 is 9.62 Å². The number of thioether (sulfide) groups is 1. The zero-order valence-electron chi connectivity index (χ0n) is 16.9. The summed E-state index contributed by atoms with van der Waals surface area (Å²) in [4.78, 5) is 12.6. The predicted molar refractivity (Wildman–Crippen MR) is 127 cm³/mol. The second-order valence-electron chi connectivity index (χ2n) is 7.16. The van der Waals surface area contributed by atoms with Crippen molar-refractivity contribution < 1.29 is 17.6 Å². The maximum Gasteiger partial charge on any atom is 0.265 e.